The zero-order valence-electron chi connectivity index (χ0n) is 22.3. The summed E-state index contributed by atoms with van der Waals surface area (Å²) in [7, 11) is 1.65. The third-order valence-electron chi connectivity index (χ3n) is 6.39. The normalized spacial score (nSPS) is 11.2. The van der Waals surface area contributed by atoms with Crippen molar-refractivity contribution < 1.29 is 26.2 Å². The molecule has 40 heavy (non-hydrogen) atoms. The van der Waals surface area contributed by atoms with Gasteiger partial charge in [0.05, 0.1) is 13.2 Å². The summed E-state index contributed by atoms with van der Waals surface area (Å²) in [5, 5.41) is 8.89. The number of benzene rings is 3. The summed E-state index contributed by atoms with van der Waals surface area (Å²) >= 11 is 0. The number of methoxy groups -OCH3 is 1. The average Bonchev–Trinajstić information content (AvgIpc) is 3.80. The second kappa shape index (κ2) is 14.8. The molecule has 5 aromatic carbocycles. The molecule has 202 valence electrons. The fraction of sp³-hybridized carbons (Fsp3) is 0.118. The molecule has 1 unspecified atom stereocenters. The minimum Gasteiger partial charge on any atom is -0.497 e. The van der Waals surface area contributed by atoms with E-state index in [9.17, 15) is 0 Å². The van der Waals surface area contributed by atoms with E-state index in [1.54, 1.807) is 7.11 Å². The Morgan fingerprint density at radius 1 is 0.725 bits per heavy atom. The Hall–Kier alpha value is -4.22. The number of hydrogen-bond donors (Lipinski definition) is 0. The monoisotopic (exact) mass is 569 g/mol. The molecule has 0 saturated carbocycles. The molecular formula is C34H31FeN3O2. The fourth-order valence-corrected chi connectivity index (χ4v) is 4.47. The van der Waals surface area contributed by atoms with Crippen LogP contribution in [-0.2, 0) is 30.2 Å². The predicted molar refractivity (Wildman–Crippen MR) is 154 cm³/mol. The number of hydrogen-bond acceptors (Lipinski definition) is 5. The molecule has 6 heteroatoms. The molecule has 0 radical (unpaired) electrons. The molecule has 0 amide bonds. The third kappa shape index (κ3) is 7.67. The second-order valence-electron chi connectivity index (χ2n) is 9.13. The number of nitrogens with zero attached hydrogens (tertiary/aromatic N) is 3. The van der Waals surface area contributed by atoms with E-state index in [0.717, 1.165) is 30.0 Å². The van der Waals surface area contributed by atoms with Gasteiger partial charge in [-0.15, -0.1) is 15.8 Å². The van der Waals surface area contributed by atoms with Crippen molar-refractivity contribution in [3.63, 3.8) is 0 Å². The molecule has 1 heterocycles. The number of aromatic nitrogens is 2. The third-order valence-corrected chi connectivity index (χ3v) is 6.39. The van der Waals surface area contributed by atoms with Crippen LogP contribution in [0.2, 0.25) is 0 Å². The molecule has 0 saturated heterocycles. The number of rotatable bonds is 9. The van der Waals surface area contributed by atoms with Gasteiger partial charge in [0.1, 0.15) is 5.75 Å². The molecule has 1 atom stereocenters. The van der Waals surface area contributed by atoms with Gasteiger partial charge in [-0.2, -0.15) is 30.3 Å². The van der Waals surface area contributed by atoms with E-state index in [0.29, 0.717) is 11.8 Å². The van der Waals surface area contributed by atoms with Crippen LogP contribution in [0.1, 0.15) is 28.6 Å². The van der Waals surface area contributed by atoms with Gasteiger partial charge < -0.3 is 9.15 Å². The Bertz CT molecular complexity index is 1420. The van der Waals surface area contributed by atoms with Crippen molar-refractivity contribution in [1.29, 1.82) is 0 Å². The van der Waals surface area contributed by atoms with Gasteiger partial charge in [0.2, 0.25) is 11.8 Å². The molecular weight excluding hydrogens is 538 g/mol. The van der Waals surface area contributed by atoms with E-state index in [1.165, 1.54) is 11.1 Å². The minimum atomic E-state index is -0.185. The summed E-state index contributed by atoms with van der Waals surface area (Å²) in [5.74, 6) is 1.85. The molecule has 5 nitrogen and oxygen atoms in total. The van der Waals surface area contributed by atoms with Crippen molar-refractivity contribution in [3.05, 3.63) is 162 Å². The van der Waals surface area contributed by atoms with Gasteiger partial charge in [0.15, 0.2) is 0 Å². The van der Waals surface area contributed by atoms with Crippen molar-refractivity contribution in [2.45, 2.75) is 19.1 Å². The largest absolute Gasteiger partial charge is 2.00 e. The summed E-state index contributed by atoms with van der Waals surface area (Å²) in [6.45, 7) is 1.48. The van der Waals surface area contributed by atoms with Crippen molar-refractivity contribution >= 4 is 0 Å². The van der Waals surface area contributed by atoms with Gasteiger partial charge in [-0.05, 0) is 35.4 Å². The van der Waals surface area contributed by atoms with E-state index >= 15 is 0 Å². The maximum absolute atomic E-state index is 6.28. The molecule has 1 aromatic heterocycles. The molecule has 0 fully saturated rings. The smallest absolute Gasteiger partial charge is 0.497 e. The summed E-state index contributed by atoms with van der Waals surface area (Å²) in [6, 6.07) is 46.8. The van der Waals surface area contributed by atoms with Crippen LogP contribution in [-0.4, -0.2) is 22.2 Å². The molecule has 0 N–H and O–H groups in total. The predicted octanol–water partition coefficient (Wildman–Crippen LogP) is 7.66. The summed E-state index contributed by atoms with van der Waals surface area (Å²) in [6.07, 6.45) is 0. The van der Waals surface area contributed by atoms with Crippen molar-refractivity contribution in [2.75, 3.05) is 7.11 Å². The maximum atomic E-state index is 6.28. The quantitative estimate of drug-likeness (QED) is 0.132. The number of ether oxygens (including phenoxy) is 1. The Morgan fingerprint density at radius 2 is 1.35 bits per heavy atom. The Balaban J connectivity index is 0.000000557. The summed E-state index contributed by atoms with van der Waals surface area (Å²) < 4.78 is 11.5. The van der Waals surface area contributed by atoms with E-state index in [2.05, 4.69) is 75.8 Å². The molecule has 0 spiro atoms. The van der Waals surface area contributed by atoms with Crippen LogP contribution in [0.15, 0.2) is 144 Å². The first-order chi connectivity index (χ1) is 19.3. The van der Waals surface area contributed by atoms with Crippen molar-refractivity contribution in [1.82, 2.24) is 15.1 Å². The van der Waals surface area contributed by atoms with E-state index in [-0.39, 0.29) is 23.1 Å². The van der Waals surface area contributed by atoms with Gasteiger partial charge in [0, 0.05) is 18.7 Å². The standard InChI is InChI=1S/C29H26N3O2.C5H5.Fe/c1-33-26-18-16-25(17-19-26)28-30-31-29(34-28)27(24-14-8-9-15-24)32(20-22-10-4-2-5-11-22)21-23-12-6-3-7-13-23;1-2-4-5-3-1;/h2-19,27H,20-21H2,1H3;1-5H;/q2*-1;+2. The summed E-state index contributed by atoms with van der Waals surface area (Å²) in [5.41, 5.74) is 4.44. The van der Waals surface area contributed by atoms with E-state index < -0.39 is 0 Å². The Kier molecular flexibility index (Phi) is 10.6. The van der Waals surface area contributed by atoms with E-state index in [1.807, 2.05) is 78.9 Å². The first kappa shape index (κ1) is 28.8. The van der Waals surface area contributed by atoms with Gasteiger partial charge in [-0.3, -0.25) is 4.90 Å². The Labute approximate surface area is 246 Å². The first-order valence-corrected chi connectivity index (χ1v) is 13.0. The van der Waals surface area contributed by atoms with Crippen LogP contribution >= 0.6 is 0 Å². The molecule has 0 aliphatic heterocycles. The zero-order chi connectivity index (χ0) is 26.7. The Morgan fingerprint density at radius 3 is 1.85 bits per heavy atom. The SMILES string of the molecule is COc1ccc(-c2nnc(C(c3ccc[cH-]3)N(Cc3ccccc3)Cc3ccccc3)o2)cc1.[Fe+2].c1cc[cH-]c1. The van der Waals surface area contributed by atoms with Gasteiger partial charge in [-0.1, -0.05) is 60.7 Å². The summed E-state index contributed by atoms with van der Waals surface area (Å²) in [4.78, 5) is 2.38. The van der Waals surface area contributed by atoms with Crippen LogP contribution in [0.4, 0.5) is 0 Å². The minimum absolute atomic E-state index is 0. The topological polar surface area (TPSA) is 51.4 Å². The molecule has 6 aromatic rings. The molecule has 0 bridgehead atoms. The molecule has 0 aliphatic rings. The zero-order valence-corrected chi connectivity index (χ0v) is 23.4. The first-order valence-electron chi connectivity index (χ1n) is 13.0. The van der Waals surface area contributed by atoms with Crippen LogP contribution in [0, 0.1) is 0 Å². The van der Waals surface area contributed by atoms with Crippen LogP contribution in [0.5, 0.6) is 5.75 Å². The van der Waals surface area contributed by atoms with Gasteiger partial charge in [-0.25, -0.2) is 24.3 Å². The van der Waals surface area contributed by atoms with Crippen LogP contribution in [0.3, 0.4) is 0 Å². The second-order valence-corrected chi connectivity index (χ2v) is 9.13. The van der Waals surface area contributed by atoms with Gasteiger partial charge in [0.25, 0.3) is 0 Å². The molecule has 6 rings (SSSR count). The van der Waals surface area contributed by atoms with Crippen molar-refractivity contribution in [3.8, 4) is 17.2 Å². The fourth-order valence-electron chi connectivity index (χ4n) is 4.47. The van der Waals surface area contributed by atoms with Gasteiger partial charge >= 0.3 is 17.1 Å². The maximum Gasteiger partial charge on any atom is 2.00 e. The average molecular weight is 569 g/mol. The van der Waals surface area contributed by atoms with E-state index in [4.69, 9.17) is 9.15 Å². The van der Waals surface area contributed by atoms with Crippen LogP contribution < -0.4 is 4.74 Å². The van der Waals surface area contributed by atoms with Crippen molar-refractivity contribution in [2.24, 2.45) is 0 Å². The van der Waals surface area contributed by atoms with Crippen LogP contribution in [0.25, 0.3) is 11.5 Å². The molecule has 0 aliphatic carbocycles.